The molecule has 0 radical (unpaired) electrons. The van der Waals surface area contributed by atoms with Crippen molar-refractivity contribution >= 4 is 27.3 Å². The van der Waals surface area contributed by atoms with Crippen LogP contribution in [0.4, 0.5) is 11.4 Å². The molecule has 7 heteroatoms. The highest BCUT2D eigenvalue weighted by atomic mass is 32.2. The van der Waals surface area contributed by atoms with Crippen molar-refractivity contribution in [2.75, 3.05) is 22.4 Å². The molecule has 2 aromatic carbocycles. The zero-order valence-electron chi connectivity index (χ0n) is 14.5. The molecule has 6 nitrogen and oxygen atoms in total. The van der Waals surface area contributed by atoms with Gasteiger partial charge in [0.2, 0.25) is 10.0 Å². The molecule has 1 amide bonds. The molecule has 0 saturated carbocycles. The number of nitrogens with one attached hydrogen (secondary N) is 2. The predicted octanol–water partition coefficient (Wildman–Crippen LogP) is 3.08. The van der Waals surface area contributed by atoms with E-state index >= 15 is 0 Å². The molecule has 2 aromatic rings. The summed E-state index contributed by atoms with van der Waals surface area (Å²) in [6.45, 7) is 5.32. The van der Waals surface area contributed by atoms with Crippen molar-refractivity contribution in [2.24, 2.45) is 0 Å². The van der Waals surface area contributed by atoms with E-state index < -0.39 is 10.0 Å². The third-order valence-corrected chi connectivity index (χ3v) is 4.89. The number of hydrogen-bond acceptors (Lipinski definition) is 4. The first-order chi connectivity index (χ1) is 11.8. The molecule has 2 rings (SSSR count). The van der Waals surface area contributed by atoms with Crippen molar-refractivity contribution in [1.29, 1.82) is 0 Å². The van der Waals surface area contributed by atoms with Crippen LogP contribution in [0, 0.1) is 13.8 Å². The quantitative estimate of drug-likeness (QED) is 0.793. The van der Waals surface area contributed by atoms with E-state index in [-0.39, 0.29) is 18.3 Å². The molecule has 25 heavy (non-hydrogen) atoms. The first-order valence-corrected chi connectivity index (χ1v) is 9.55. The van der Waals surface area contributed by atoms with Crippen LogP contribution in [0.25, 0.3) is 0 Å². The van der Waals surface area contributed by atoms with Gasteiger partial charge in [-0.3, -0.25) is 9.52 Å². The van der Waals surface area contributed by atoms with Gasteiger partial charge in [0.15, 0.2) is 6.61 Å². The van der Waals surface area contributed by atoms with E-state index in [4.69, 9.17) is 4.74 Å². The third kappa shape index (κ3) is 5.49. The number of hydrogen-bond donors (Lipinski definition) is 2. The fourth-order valence-electron chi connectivity index (χ4n) is 2.23. The molecule has 0 bridgehead atoms. The van der Waals surface area contributed by atoms with E-state index in [9.17, 15) is 13.2 Å². The van der Waals surface area contributed by atoms with E-state index in [0.29, 0.717) is 17.1 Å². The van der Waals surface area contributed by atoms with Crippen LogP contribution in [0.15, 0.2) is 42.5 Å². The Balaban J connectivity index is 1.92. The monoisotopic (exact) mass is 362 g/mol. The van der Waals surface area contributed by atoms with Crippen molar-refractivity contribution in [1.82, 2.24) is 0 Å². The minimum atomic E-state index is -3.31. The number of aryl methyl sites for hydroxylation is 2. The molecule has 0 aromatic heterocycles. The second kappa shape index (κ2) is 8.02. The Labute approximate surface area is 148 Å². The maximum atomic E-state index is 12.0. The van der Waals surface area contributed by atoms with Gasteiger partial charge >= 0.3 is 0 Å². The zero-order valence-corrected chi connectivity index (χ0v) is 15.3. The SMILES string of the molecule is CCS(=O)(=O)Nc1ccc(NC(=O)COc2c(C)cccc2C)cc1. The van der Waals surface area contributed by atoms with Crippen LogP contribution in [0.3, 0.4) is 0 Å². The smallest absolute Gasteiger partial charge is 0.262 e. The lowest BCUT2D eigenvalue weighted by molar-refractivity contribution is -0.118. The summed E-state index contributed by atoms with van der Waals surface area (Å²) in [6, 6.07) is 12.2. The average Bonchev–Trinajstić information content (AvgIpc) is 2.56. The van der Waals surface area contributed by atoms with E-state index in [1.807, 2.05) is 32.0 Å². The van der Waals surface area contributed by atoms with Gasteiger partial charge in [0, 0.05) is 11.4 Å². The Bertz CT molecular complexity index is 826. The van der Waals surface area contributed by atoms with Gasteiger partial charge in [-0.05, 0) is 56.2 Å². The summed E-state index contributed by atoms with van der Waals surface area (Å²) >= 11 is 0. The average molecular weight is 362 g/mol. The van der Waals surface area contributed by atoms with E-state index in [0.717, 1.165) is 11.1 Å². The number of carbonyl (C=O) groups excluding carboxylic acids is 1. The summed E-state index contributed by atoms with van der Waals surface area (Å²) in [5.74, 6) is 0.424. The molecule has 134 valence electrons. The molecule has 0 saturated heterocycles. The lowest BCUT2D eigenvalue weighted by Gasteiger charge is -2.12. The second-order valence-corrected chi connectivity index (χ2v) is 7.65. The summed E-state index contributed by atoms with van der Waals surface area (Å²) in [4.78, 5) is 12.0. The summed E-state index contributed by atoms with van der Waals surface area (Å²) in [5.41, 5.74) is 2.96. The lowest BCUT2D eigenvalue weighted by Crippen LogP contribution is -2.20. The maximum absolute atomic E-state index is 12.0. The van der Waals surface area contributed by atoms with Crippen LogP contribution in [0.2, 0.25) is 0 Å². The largest absolute Gasteiger partial charge is 0.483 e. The molecule has 0 aliphatic carbocycles. The van der Waals surface area contributed by atoms with Gasteiger partial charge in [0.1, 0.15) is 5.75 Å². The minimum absolute atomic E-state index is 0.00114. The molecule has 0 spiro atoms. The highest BCUT2D eigenvalue weighted by molar-refractivity contribution is 7.92. The Morgan fingerprint density at radius 2 is 1.56 bits per heavy atom. The van der Waals surface area contributed by atoms with Gasteiger partial charge in [0.25, 0.3) is 5.91 Å². The van der Waals surface area contributed by atoms with Crippen LogP contribution in [-0.2, 0) is 14.8 Å². The van der Waals surface area contributed by atoms with Gasteiger partial charge in [-0.1, -0.05) is 18.2 Å². The number of carbonyl (C=O) groups is 1. The van der Waals surface area contributed by atoms with Gasteiger partial charge in [-0.25, -0.2) is 8.42 Å². The molecular weight excluding hydrogens is 340 g/mol. The van der Waals surface area contributed by atoms with Crippen LogP contribution < -0.4 is 14.8 Å². The number of sulfonamides is 1. The molecular formula is C18H22N2O4S. The number of para-hydroxylation sites is 1. The van der Waals surface area contributed by atoms with Gasteiger partial charge in [-0.15, -0.1) is 0 Å². The minimum Gasteiger partial charge on any atom is -0.483 e. The molecule has 0 heterocycles. The molecule has 0 atom stereocenters. The van der Waals surface area contributed by atoms with Crippen LogP contribution in [-0.4, -0.2) is 26.7 Å². The predicted molar refractivity (Wildman–Crippen MR) is 99.6 cm³/mol. The molecule has 0 unspecified atom stereocenters. The van der Waals surface area contributed by atoms with E-state index in [1.54, 1.807) is 31.2 Å². The number of benzene rings is 2. The molecule has 0 fully saturated rings. The summed E-state index contributed by atoms with van der Waals surface area (Å²) in [6.07, 6.45) is 0. The van der Waals surface area contributed by atoms with Crippen molar-refractivity contribution < 1.29 is 17.9 Å². The number of ether oxygens (including phenoxy) is 1. The van der Waals surface area contributed by atoms with Crippen LogP contribution in [0.5, 0.6) is 5.75 Å². The normalized spacial score (nSPS) is 11.0. The van der Waals surface area contributed by atoms with Crippen LogP contribution in [0.1, 0.15) is 18.1 Å². The van der Waals surface area contributed by atoms with E-state index in [2.05, 4.69) is 10.0 Å². The van der Waals surface area contributed by atoms with Crippen molar-refractivity contribution in [3.8, 4) is 5.75 Å². The molecule has 0 aliphatic heterocycles. The Hall–Kier alpha value is -2.54. The fourth-order valence-corrected chi connectivity index (χ4v) is 2.87. The summed E-state index contributed by atoms with van der Waals surface area (Å²) < 4.78 is 31.1. The topological polar surface area (TPSA) is 84.5 Å². The third-order valence-electron chi connectivity index (χ3n) is 3.58. The highest BCUT2D eigenvalue weighted by Gasteiger charge is 2.09. The van der Waals surface area contributed by atoms with Crippen molar-refractivity contribution in [3.05, 3.63) is 53.6 Å². The number of anilines is 2. The summed E-state index contributed by atoms with van der Waals surface area (Å²) in [7, 11) is -3.31. The lowest BCUT2D eigenvalue weighted by atomic mass is 10.1. The number of rotatable bonds is 7. The summed E-state index contributed by atoms with van der Waals surface area (Å²) in [5, 5.41) is 2.71. The second-order valence-electron chi connectivity index (χ2n) is 5.64. The molecule has 0 aliphatic rings. The Kier molecular flexibility index (Phi) is 6.03. The zero-order chi connectivity index (χ0) is 18.4. The fraction of sp³-hybridized carbons (Fsp3) is 0.278. The van der Waals surface area contributed by atoms with Gasteiger partial charge < -0.3 is 10.1 Å². The Morgan fingerprint density at radius 1 is 1.00 bits per heavy atom. The first kappa shape index (κ1) is 18.8. The van der Waals surface area contributed by atoms with Crippen molar-refractivity contribution in [3.63, 3.8) is 0 Å². The standard InChI is InChI=1S/C18H22N2O4S/c1-4-25(22,23)20-16-10-8-15(9-11-16)19-17(21)12-24-18-13(2)6-5-7-14(18)3/h5-11,20H,4,12H2,1-3H3,(H,19,21). The highest BCUT2D eigenvalue weighted by Crippen LogP contribution is 2.22. The van der Waals surface area contributed by atoms with Gasteiger partial charge in [0.05, 0.1) is 5.75 Å². The maximum Gasteiger partial charge on any atom is 0.262 e. The molecule has 2 N–H and O–H groups in total. The van der Waals surface area contributed by atoms with Gasteiger partial charge in [-0.2, -0.15) is 0 Å². The van der Waals surface area contributed by atoms with Crippen LogP contribution >= 0.6 is 0 Å². The Morgan fingerprint density at radius 3 is 2.12 bits per heavy atom. The van der Waals surface area contributed by atoms with E-state index in [1.165, 1.54) is 0 Å². The van der Waals surface area contributed by atoms with Crippen molar-refractivity contribution in [2.45, 2.75) is 20.8 Å². The first-order valence-electron chi connectivity index (χ1n) is 7.90. The number of amides is 1.